The molecule has 0 unspecified atom stereocenters. The van der Waals surface area contributed by atoms with E-state index in [1.807, 2.05) is 20.8 Å². The molecule has 2 heterocycles. The van der Waals surface area contributed by atoms with Gasteiger partial charge in [0.15, 0.2) is 5.82 Å². The highest BCUT2D eigenvalue weighted by Gasteiger charge is 2.11. The number of nitrogens with zero attached hydrogens (tertiary/aromatic N) is 3. The van der Waals surface area contributed by atoms with Crippen molar-refractivity contribution in [2.45, 2.75) is 40.7 Å². The number of allylic oxidation sites excluding steroid dienone is 5. The third-order valence-corrected chi connectivity index (χ3v) is 3.88. The zero-order valence-corrected chi connectivity index (χ0v) is 18.4. The number of hydrogen-bond donors (Lipinski definition) is 1. The van der Waals surface area contributed by atoms with Crippen LogP contribution in [-0.2, 0) is 4.79 Å². The summed E-state index contributed by atoms with van der Waals surface area (Å²) in [7, 11) is 0. The average Bonchev–Trinajstić information content (AvgIpc) is 3.07. The first-order chi connectivity index (χ1) is 14.2. The summed E-state index contributed by atoms with van der Waals surface area (Å²) in [5, 5.41) is 6.91. The van der Waals surface area contributed by atoms with E-state index in [9.17, 15) is 4.79 Å². The number of rotatable bonds is 8. The van der Waals surface area contributed by atoms with Crippen LogP contribution < -0.4 is 10.1 Å². The summed E-state index contributed by atoms with van der Waals surface area (Å²) in [6.45, 7) is 12.9. The summed E-state index contributed by atoms with van der Waals surface area (Å²) in [5.74, 6) is 1.75. The third-order valence-electron chi connectivity index (χ3n) is 3.77. The number of nitrogens with one attached hydrogen (secondary N) is 1. The molecule has 0 saturated heterocycles. The van der Waals surface area contributed by atoms with Gasteiger partial charge in [-0.3, -0.25) is 9.78 Å². The number of carbonyl (C=O) groups excluding carboxylic acids is 1. The first kappa shape index (κ1) is 23.1. The molecule has 0 aliphatic carbocycles. The second-order valence-electron chi connectivity index (χ2n) is 6.90. The second kappa shape index (κ2) is 10.5. The zero-order valence-electron chi connectivity index (χ0n) is 17.7. The van der Waals surface area contributed by atoms with Crippen molar-refractivity contribution in [3.63, 3.8) is 0 Å². The Bertz CT molecular complexity index is 1020. The van der Waals surface area contributed by atoms with Crippen LogP contribution in [0.15, 0.2) is 52.5 Å². The normalized spacial score (nSPS) is 12.5. The van der Waals surface area contributed by atoms with Gasteiger partial charge in [-0.05, 0) is 58.4 Å². The molecule has 7 nitrogen and oxygen atoms in total. The van der Waals surface area contributed by atoms with Crippen LogP contribution in [0.3, 0.4) is 0 Å². The number of carbonyl (C=O) groups is 1. The Labute approximate surface area is 181 Å². The highest BCUT2D eigenvalue weighted by atomic mass is 35.5. The minimum Gasteiger partial charge on any atom is -0.460 e. The minimum absolute atomic E-state index is 0.0674. The van der Waals surface area contributed by atoms with Crippen molar-refractivity contribution in [3.8, 4) is 5.75 Å². The molecule has 2 aromatic rings. The maximum atomic E-state index is 11.8. The first-order valence-electron chi connectivity index (χ1n) is 9.31. The van der Waals surface area contributed by atoms with Crippen molar-refractivity contribution in [1.82, 2.24) is 20.4 Å². The monoisotopic (exact) mass is 428 g/mol. The largest absolute Gasteiger partial charge is 0.460 e. The van der Waals surface area contributed by atoms with E-state index in [4.69, 9.17) is 20.9 Å². The minimum atomic E-state index is -0.169. The molecule has 0 fully saturated rings. The van der Waals surface area contributed by atoms with Crippen molar-refractivity contribution in [3.05, 3.63) is 70.8 Å². The van der Waals surface area contributed by atoms with E-state index in [1.165, 1.54) is 6.08 Å². The molecular weight excluding hydrogens is 404 g/mol. The average molecular weight is 429 g/mol. The van der Waals surface area contributed by atoms with E-state index in [2.05, 4.69) is 27.0 Å². The maximum absolute atomic E-state index is 11.8. The van der Waals surface area contributed by atoms with E-state index in [0.29, 0.717) is 33.8 Å². The lowest BCUT2D eigenvalue weighted by Crippen LogP contribution is -2.28. The molecule has 0 radical (unpaired) electrons. The molecule has 1 amide bonds. The topological polar surface area (TPSA) is 90.1 Å². The quantitative estimate of drug-likeness (QED) is 0.371. The number of hydrogen-bond acceptors (Lipinski definition) is 6. The molecule has 0 bridgehead atoms. The smallest absolute Gasteiger partial charge is 0.258 e. The molecule has 0 aliphatic rings. The summed E-state index contributed by atoms with van der Waals surface area (Å²) in [6.07, 6.45) is 9.79. The molecule has 0 saturated carbocycles. The van der Waals surface area contributed by atoms with Gasteiger partial charge in [0.05, 0.1) is 6.20 Å². The van der Waals surface area contributed by atoms with Gasteiger partial charge >= 0.3 is 0 Å². The lowest BCUT2D eigenvalue weighted by atomic mass is 10.1. The summed E-state index contributed by atoms with van der Waals surface area (Å²) in [4.78, 5) is 20.3. The Morgan fingerprint density at radius 1 is 1.30 bits per heavy atom. The van der Waals surface area contributed by atoms with Crippen molar-refractivity contribution in [2.24, 2.45) is 0 Å². The van der Waals surface area contributed by atoms with Crippen LogP contribution in [0.4, 0.5) is 0 Å². The molecule has 0 atom stereocenters. The number of aryl methyl sites for hydroxylation is 1. The Hall–Kier alpha value is -3.19. The molecule has 30 heavy (non-hydrogen) atoms. The molecule has 1 N–H and O–H groups in total. The standard InChI is InChI=1S/C22H25ClN4O3/c1-13(2)25-21(28)8-7-18-11-24-12-20(16(18)5)29-15(4)10-19(9-14(3)23)22-26-17(6)27-30-22/h7-13H,3H2,1-2,4-6H3,(H,25,28)/b8-7+,15-10+,19-9+. The zero-order chi connectivity index (χ0) is 22.3. The predicted octanol–water partition coefficient (Wildman–Crippen LogP) is 4.74. The van der Waals surface area contributed by atoms with Gasteiger partial charge in [-0.1, -0.05) is 23.3 Å². The van der Waals surface area contributed by atoms with E-state index in [-0.39, 0.29) is 11.9 Å². The lowest BCUT2D eigenvalue weighted by molar-refractivity contribution is -0.116. The van der Waals surface area contributed by atoms with Gasteiger partial charge in [0.2, 0.25) is 5.91 Å². The van der Waals surface area contributed by atoms with Crippen molar-refractivity contribution < 1.29 is 14.1 Å². The second-order valence-corrected chi connectivity index (χ2v) is 7.38. The number of pyridine rings is 1. The fraction of sp³-hybridized carbons (Fsp3) is 0.273. The summed E-state index contributed by atoms with van der Waals surface area (Å²) >= 11 is 5.93. The van der Waals surface area contributed by atoms with E-state index in [0.717, 1.165) is 11.1 Å². The summed E-state index contributed by atoms with van der Waals surface area (Å²) < 4.78 is 11.2. The summed E-state index contributed by atoms with van der Waals surface area (Å²) in [6, 6.07) is 0.0674. The Balaban J connectivity index is 2.25. The van der Waals surface area contributed by atoms with E-state index in [1.54, 1.807) is 44.5 Å². The van der Waals surface area contributed by atoms with Gasteiger partial charge in [-0.2, -0.15) is 4.98 Å². The van der Waals surface area contributed by atoms with Gasteiger partial charge < -0.3 is 14.6 Å². The molecule has 158 valence electrons. The molecule has 0 aromatic carbocycles. The van der Waals surface area contributed by atoms with E-state index >= 15 is 0 Å². The van der Waals surface area contributed by atoms with Crippen molar-refractivity contribution in [2.75, 3.05) is 0 Å². The van der Waals surface area contributed by atoms with Crippen LogP contribution in [0, 0.1) is 13.8 Å². The molecular formula is C22H25ClN4O3. The lowest BCUT2D eigenvalue weighted by Gasteiger charge is -2.11. The number of amides is 1. The highest BCUT2D eigenvalue weighted by Crippen LogP contribution is 2.25. The highest BCUT2D eigenvalue weighted by molar-refractivity contribution is 6.31. The van der Waals surface area contributed by atoms with E-state index < -0.39 is 0 Å². The van der Waals surface area contributed by atoms with Gasteiger partial charge in [0.1, 0.15) is 11.5 Å². The number of halogens is 1. The first-order valence-corrected chi connectivity index (χ1v) is 9.69. The summed E-state index contributed by atoms with van der Waals surface area (Å²) in [5.41, 5.74) is 2.18. The van der Waals surface area contributed by atoms with Crippen LogP contribution in [0.5, 0.6) is 5.75 Å². The molecule has 0 aliphatic heterocycles. The van der Waals surface area contributed by atoms with Crippen LogP contribution in [0.1, 0.15) is 43.6 Å². The predicted molar refractivity (Wildman–Crippen MR) is 118 cm³/mol. The van der Waals surface area contributed by atoms with Crippen LogP contribution in [-0.4, -0.2) is 27.1 Å². The molecule has 0 spiro atoms. The van der Waals surface area contributed by atoms with Gasteiger partial charge in [0, 0.05) is 34.5 Å². The van der Waals surface area contributed by atoms with Gasteiger partial charge in [-0.25, -0.2) is 0 Å². The van der Waals surface area contributed by atoms with Gasteiger partial charge in [0.25, 0.3) is 5.89 Å². The molecule has 8 heteroatoms. The fourth-order valence-electron chi connectivity index (χ4n) is 2.46. The number of ether oxygens (including phenoxy) is 1. The Kier molecular flexibility index (Phi) is 8.12. The van der Waals surface area contributed by atoms with Crippen LogP contribution in [0.25, 0.3) is 11.6 Å². The van der Waals surface area contributed by atoms with Crippen molar-refractivity contribution >= 4 is 29.2 Å². The molecule has 2 aromatic heterocycles. The SMILES string of the molecule is C=C(Cl)/C=C(\C=C(/C)Oc1cncc(/C=C/C(=O)NC(C)C)c1C)c1nc(C)no1. The molecule has 2 rings (SSSR count). The van der Waals surface area contributed by atoms with Crippen LogP contribution in [0.2, 0.25) is 0 Å². The van der Waals surface area contributed by atoms with Crippen molar-refractivity contribution in [1.29, 1.82) is 0 Å². The maximum Gasteiger partial charge on any atom is 0.258 e. The number of aromatic nitrogens is 3. The fourth-order valence-corrected chi connectivity index (χ4v) is 2.58. The Morgan fingerprint density at radius 2 is 2.03 bits per heavy atom. The Morgan fingerprint density at radius 3 is 2.63 bits per heavy atom. The van der Waals surface area contributed by atoms with Gasteiger partial charge in [-0.15, -0.1) is 0 Å². The third kappa shape index (κ3) is 7.00. The van der Waals surface area contributed by atoms with Crippen LogP contribution >= 0.6 is 11.6 Å².